The van der Waals surface area contributed by atoms with Crippen molar-refractivity contribution in [2.75, 3.05) is 18.0 Å². The monoisotopic (exact) mass is 274 g/mol. The highest BCUT2D eigenvalue weighted by atomic mass is 32.1. The summed E-state index contributed by atoms with van der Waals surface area (Å²) in [6, 6.07) is 8.74. The maximum Gasteiger partial charge on any atom is 0.0807 e. The highest BCUT2D eigenvalue weighted by Gasteiger charge is 2.38. The molecular formula is C16H22N2S. The van der Waals surface area contributed by atoms with Gasteiger partial charge in [0.15, 0.2) is 0 Å². The average Bonchev–Trinajstić information content (AvgIpc) is 2.83. The number of rotatable bonds is 3. The first-order chi connectivity index (χ1) is 9.21. The molecule has 0 saturated heterocycles. The van der Waals surface area contributed by atoms with Gasteiger partial charge in [0.1, 0.15) is 0 Å². The predicted molar refractivity (Wildman–Crippen MR) is 84.7 cm³/mol. The van der Waals surface area contributed by atoms with Crippen molar-refractivity contribution in [3.05, 3.63) is 29.8 Å². The molecule has 1 aromatic carbocycles. The van der Waals surface area contributed by atoms with Crippen LogP contribution in [0, 0.1) is 5.41 Å². The largest absolute Gasteiger partial charge is 0.393 e. The lowest BCUT2D eigenvalue weighted by Crippen LogP contribution is -2.46. The standard InChI is InChI=1S/C16H22N2S/c17-15(19)16(9-4-1-5-10-16)12-18-11-8-13-6-2-3-7-14(13)18/h2-3,6-7H,1,4-5,8-12H2,(H2,17,19). The molecule has 102 valence electrons. The minimum absolute atomic E-state index is 0.0744. The van der Waals surface area contributed by atoms with E-state index in [-0.39, 0.29) is 5.41 Å². The van der Waals surface area contributed by atoms with Crippen LogP contribution in [0.1, 0.15) is 37.7 Å². The number of nitrogens with two attached hydrogens (primary N) is 1. The second-order valence-corrected chi connectivity index (χ2v) is 6.45. The Hall–Kier alpha value is -1.09. The predicted octanol–water partition coefficient (Wildman–Crippen LogP) is 3.29. The zero-order valence-electron chi connectivity index (χ0n) is 11.4. The molecule has 3 rings (SSSR count). The maximum absolute atomic E-state index is 6.11. The van der Waals surface area contributed by atoms with Gasteiger partial charge in [-0.25, -0.2) is 0 Å². The van der Waals surface area contributed by atoms with Gasteiger partial charge in [0.25, 0.3) is 0 Å². The summed E-state index contributed by atoms with van der Waals surface area (Å²) in [6.07, 6.45) is 7.37. The highest BCUT2D eigenvalue weighted by Crippen LogP contribution is 2.40. The summed E-state index contributed by atoms with van der Waals surface area (Å²) in [6.45, 7) is 2.13. The van der Waals surface area contributed by atoms with Crippen LogP contribution in [0.5, 0.6) is 0 Å². The molecule has 0 amide bonds. The summed E-state index contributed by atoms with van der Waals surface area (Å²) < 4.78 is 0. The van der Waals surface area contributed by atoms with Crippen molar-refractivity contribution in [1.29, 1.82) is 0 Å². The smallest absolute Gasteiger partial charge is 0.0807 e. The van der Waals surface area contributed by atoms with Crippen molar-refractivity contribution < 1.29 is 0 Å². The van der Waals surface area contributed by atoms with Crippen LogP contribution >= 0.6 is 12.2 Å². The summed E-state index contributed by atoms with van der Waals surface area (Å²) in [7, 11) is 0. The summed E-state index contributed by atoms with van der Waals surface area (Å²) in [5.74, 6) is 0. The molecule has 0 bridgehead atoms. The van der Waals surface area contributed by atoms with Gasteiger partial charge in [-0.05, 0) is 30.9 Å². The second kappa shape index (κ2) is 5.12. The molecule has 1 aromatic rings. The minimum Gasteiger partial charge on any atom is -0.393 e. The fourth-order valence-corrected chi connectivity index (χ4v) is 3.92. The van der Waals surface area contributed by atoms with E-state index in [4.69, 9.17) is 18.0 Å². The first-order valence-electron chi connectivity index (χ1n) is 7.34. The lowest BCUT2D eigenvalue weighted by Gasteiger charge is -2.40. The minimum atomic E-state index is 0.0744. The number of hydrogen-bond donors (Lipinski definition) is 1. The van der Waals surface area contributed by atoms with Crippen molar-refractivity contribution in [3.8, 4) is 0 Å². The van der Waals surface area contributed by atoms with Crippen LogP contribution in [0.3, 0.4) is 0 Å². The summed E-state index contributed by atoms with van der Waals surface area (Å²) in [4.78, 5) is 3.23. The number of anilines is 1. The quantitative estimate of drug-likeness (QED) is 0.858. The van der Waals surface area contributed by atoms with Crippen LogP contribution in [-0.4, -0.2) is 18.1 Å². The average molecular weight is 274 g/mol. The van der Waals surface area contributed by atoms with Crippen LogP contribution < -0.4 is 10.6 Å². The van der Waals surface area contributed by atoms with Gasteiger partial charge in [0.2, 0.25) is 0 Å². The van der Waals surface area contributed by atoms with E-state index in [1.54, 1.807) is 0 Å². The topological polar surface area (TPSA) is 29.3 Å². The van der Waals surface area contributed by atoms with Crippen molar-refractivity contribution in [2.45, 2.75) is 38.5 Å². The second-order valence-electron chi connectivity index (χ2n) is 6.01. The molecule has 0 atom stereocenters. The number of hydrogen-bond acceptors (Lipinski definition) is 2. The number of para-hydroxylation sites is 1. The lowest BCUT2D eigenvalue weighted by atomic mass is 9.73. The lowest BCUT2D eigenvalue weighted by molar-refractivity contribution is 0.289. The normalized spacial score (nSPS) is 21.2. The van der Waals surface area contributed by atoms with Crippen LogP contribution in [0.15, 0.2) is 24.3 Å². The molecule has 0 radical (unpaired) electrons. The van der Waals surface area contributed by atoms with Gasteiger partial charge in [-0.2, -0.15) is 0 Å². The van der Waals surface area contributed by atoms with E-state index in [0.717, 1.165) is 24.5 Å². The molecule has 1 saturated carbocycles. The number of thiocarbonyl (C=S) groups is 1. The van der Waals surface area contributed by atoms with E-state index < -0.39 is 0 Å². The molecule has 3 heteroatoms. The molecule has 0 aromatic heterocycles. The van der Waals surface area contributed by atoms with E-state index in [1.165, 1.54) is 43.4 Å². The fourth-order valence-electron chi connectivity index (χ4n) is 3.65. The van der Waals surface area contributed by atoms with Crippen molar-refractivity contribution in [2.24, 2.45) is 11.1 Å². The van der Waals surface area contributed by atoms with Crippen LogP contribution in [0.2, 0.25) is 0 Å². The van der Waals surface area contributed by atoms with Crippen LogP contribution in [-0.2, 0) is 6.42 Å². The molecular weight excluding hydrogens is 252 g/mol. The summed E-state index contributed by atoms with van der Waals surface area (Å²) in [5, 5.41) is 0. The van der Waals surface area contributed by atoms with E-state index in [1.807, 2.05) is 0 Å². The Morgan fingerprint density at radius 2 is 1.95 bits per heavy atom. The Kier molecular flexibility index (Phi) is 3.48. The van der Waals surface area contributed by atoms with Crippen molar-refractivity contribution in [3.63, 3.8) is 0 Å². The van der Waals surface area contributed by atoms with Gasteiger partial charge in [-0.1, -0.05) is 49.7 Å². The number of fused-ring (bicyclic) bond motifs is 1. The van der Waals surface area contributed by atoms with E-state index in [0.29, 0.717) is 0 Å². The van der Waals surface area contributed by atoms with Gasteiger partial charge in [0, 0.05) is 24.2 Å². The molecule has 2 N–H and O–H groups in total. The van der Waals surface area contributed by atoms with Gasteiger partial charge in [0.05, 0.1) is 4.99 Å². The Morgan fingerprint density at radius 1 is 1.21 bits per heavy atom. The van der Waals surface area contributed by atoms with Gasteiger partial charge >= 0.3 is 0 Å². The SMILES string of the molecule is NC(=S)C1(CN2CCc3ccccc32)CCCCC1. The van der Waals surface area contributed by atoms with E-state index >= 15 is 0 Å². The zero-order valence-corrected chi connectivity index (χ0v) is 12.2. The third-order valence-electron chi connectivity index (χ3n) is 4.81. The van der Waals surface area contributed by atoms with Crippen LogP contribution in [0.4, 0.5) is 5.69 Å². The summed E-state index contributed by atoms with van der Waals surface area (Å²) >= 11 is 5.41. The Bertz CT molecular complexity index is 477. The molecule has 0 unspecified atom stereocenters. The first-order valence-corrected chi connectivity index (χ1v) is 7.75. The third kappa shape index (κ3) is 2.36. The number of benzene rings is 1. The molecule has 19 heavy (non-hydrogen) atoms. The van der Waals surface area contributed by atoms with Crippen molar-refractivity contribution >= 4 is 22.9 Å². The highest BCUT2D eigenvalue weighted by molar-refractivity contribution is 7.80. The fraction of sp³-hybridized carbons (Fsp3) is 0.562. The summed E-state index contributed by atoms with van der Waals surface area (Å²) in [5.41, 5.74) is 9.04. The Balaban J connectivity index is 1.82. The van der Waals surface area contributed by atoms with Gasteiger partial charge in [-0.3, -0.25) is 0 Å². The molecule has 1 fully saturated rings. The molecule has 2 nitrogen and oxygen atoms in total. The number of nitrogens with zero attached hydrogens (tertiary/aromatic N) is 1. The van der Waals surface area contributed by atoms with Crippen molar-refractivity contribution in [1.82, 2.24) is 0 Å². The molecule has 1 aliphatic carbocycles. The molecule has 0 spiro atoms. The first kappa shape index (κ1) is 12.9. The van der Waals surface area contributed by atoms with E-state index in [9.17, 15) is 0 Å². The molecule has 1 heterocycles. The van der Waals surface area contributed by atoms with Crippen LogP contribution in [0.25, 0.3) is 0 Å². The molecule has 1 aliphatic heterocycles. The zero-order chi connectivity index (χ0) is 13.3. The Morgan fingerprint density at radius 3 is 2.68 bits per heavy atom. The third-order valence-corrected chi connectivity index (χ3v) is 5.24. The van der Waals surface area contributed by atoms with E-state index in [2.05, 4.69) is 29.2 Å². The molecule has 2 aliphatic rings. The Labute approximate surface area is 121 Å². The maximum atomic E-state index is 6.11. The van der Waals surface area contributed by atoms with Gasteiger partial charge < -0.3 is 10.6 Å². The van der Waals surface area contributed by atoms with Gasteiger partial charge in [-0.15, -0.1) is 0 Å².